The minimum absolute atomic E-state index is 0.0932. The van der Waals surface area contributed by atoms with Gasteiger partial charge in [0.15, 0.2) is 11.0 Å². The van der Waals surface area contributed by atoms with E-state index in [2.05, 4.69) is 27.8 Å². The molecule has 8 heteroatoms. The Hall–Kier alpha value is -3.13. The number of para-hydroxylation sites is 1. The number of carbonyl (C=O) groups is 2. The zero-order chi connectivity index (χ0) is 23.3. The predicted octanol–water partition coefficient (Wildman–Crippen LogP) is 4.22. The van der Waals surface area contributed by atoms with Gasteiger partial charge in [0, 0.05) is 18.3 Å². The van der Waals surface area contributed by atoms with Gasteiger partial charge in [-0.1, -0.05) is 54.6 Å². The van der Waals surface area contributed by atoms with Crippen molar-refractivity contribution in [3.05, 3.63) is 70.5 Å². The number of thioether (sulfide) groups is 1. The van der Waals surface area contributed by atoms with Gasteiger partial charge in [-0.25, -0.2) is 0 Å². The lowest BCUT2D eigenvalue weighted by molar-refractivity contribution is -0.113. The Morgan fingerprint density at radius 2 is 1.88 bits per heavy atom. The first-order chi connectivity index (χ1) is 15.3. The number of rotatable bonds is 8. The largest absolute Gasteiger partial charge is 0.342 e. The van der Waals surface area contributed by atoms with Gasteiger partial charge in [-0.15, -0.1) is 10.2 Å². The molecular formula is C24H29N5O2S. The molecular weight excluding hydrogens is 422 g/mol. The van der Waals surface area contributed by atoms with Crippen LogP contribution in [0.25, 0.3) is 0 Å². The molecule has 7 nitrogen and oxygen atoms in total. The van der Waals surface area contributed by atoms with Crippen LogP contribution in [-0.2, 0) is 18.3 Å². The van der Waals surface area contributed by atoms with Crippen molar-refractivity contribution in [1.82, 2.24) is 20.1 Å². The topological polar surface area (TPSA) is 88.9 Å². The summed E-state index contributed by atoms with van der Waals surface area (Å²) in [5.74, 6) is 0.584. The van der Waals surface area contributed by atoms with Crippen molar-refractivity contribution in [1.29, 1.82) is 0 Å². The average Bonchev–Trinajstić information content (AvgIpc) is 3.14. The van der Waals surface area contributed by atoms with Gasteiger partial charge in [0.1, 0.15) is 0 Å². The molecule has 0 aliphatic rings. The van der Waals surface area contributed by atoms with Crippen LogP contribution in [0.3, 0.4) is 0 Å². The highest BCUT2D eigenvalue weighted by Gasteiger charge is 2.19. The SMILES string of the molecule is CCc1cccc(C)c1NC(=O)CSc1nnc([C@H](C)NC(=O)c2cccc(C)c2)n1C. The summed E-state index contributed by atoms with van der Waals surface area (Å²) in [5, 5.41) is 15.0. The number of amides is 2. The molecule has 1 aromatic heterocycles. The molecule has 0 spiro atoms. The lowest BCUT2D eigenvalue weighted by atomic mass is 10.1. The molecule has 3 rings (SSSR count). The molecule has 1 atom stereocenters. The van der Waals surface area contributed by atoms with E-state index in [4.69, 9.17) is 0 Å². The van der Waals surface area contributed by atoms with Crippen LogP contribution >= 0.6 is 11.8 Å². The Balaban J connectivity index is 1.61. The fourth-order valence-corrected chi connectivity index (χ4v) is 4.19. The van der Waals surface area contributed by atoms with Crippen LogP contribution in [0.1, 0.15) is 52.8 Å². The normalized spacial score (nSPS) is 11.8. The molecule has 3 aromatic rings. The Bertz CT molecular complexity index is 1130. The first-order valence-electron chi connectivity index (χ1n) is 10.6. The summed E-state index contributed by atoms with van der Waals surface area (Å²) < 4.78 is 1.81. The minimum Gasteiger partial charge on any atom is -0.342 e. The summed E-state index contributed by atoms with van der Waals surface area (Å²) in [7, 11) is 1.83. The van der Waals surface area contributed by atoms with Crippen molar-refractivity contribution in [2.24, 2.45) is 7.05 Å². The van der Waals surface area contributed by atoms with Crippen LogP contribution in [0.5, 0.6) is 0 Å². The van der Waals surface area contributed by atoms with Crippen LogP contribution in [0, 0.1) is 13.8 Å². The van der Waals surface area contributed by atoms with Crippen LogP contribution < -0.4 is 10.6 Å². The number of hydrogen-bond acceptors (Lipinski definition) is 5. The van der Waals surface area contributed by atoms with E-state index in [1.165, 1.54) is 11.8 Å². The minimum atomic E-state index is -0.331. The third kappa shape index (κ3) is 5.56. The number of aryl methyl sites for hydroxylation is 3. The van der Waals surface area contributed by atoms with Crippen LogP contribution in [0.15, 0.2) is 47.6 Å². The van der Waals surface area contributed by atoms with E-state index >= 15 is 0 Å². The lowest BCUT2D eigenvalue weighted by Gasteiger charge is -2.14. The van der Waals surface area contributed by atoms with E-state index in [0.717, 1.165) is 28.8 Å². The highest BCUT2D eigenvalue weighted by molar-refractivity contribution is 7.99. The maximum Gasteiger partial charge on any atom is 0.251 e. The molecule has 2 amide bonds. The molecule has 2 aromatic carbocycles. The van der Waals surface area contributed by atoms with Crippen molar-refractivity contribution < 1.29 is 9.59 Å². The zero-order valence-corrected chi connectivity index (χ0v) is 19.9. The van der Waals surface area contributed by atoms with Gasteiger partial charge < -0.3 is 15.2 Å². The van der Waals surface area contributed by atoms with Gasteiger partial charge in [-0.05, 0) is 50.5 Å². The fraction of sp³-hybridized carbons (Fsp3) is 0.333. The summed E-state index contributed by atoms with van der Waals surface area (Å²) in [6, 6.07) is 13.1. The molecule has 0 bridgehead atoms. The van der Waals surface area contributed by atoms with Crippen molar-refractivity contribution >= 4 is 29.3 Å². The third-order valence-electron chi connectivity index (χ3n) is 5.22. The van der Waals surface area contributed by atoms with Gasteiger partial charge in [-0.2, -0.15) is 0 Å². The molecule has 0 unspecified atom stereocenters. The van der Waals surface area contributed by atoms with E-state index in [-0.39, 0.29) is 23.6 Å². The predicted molar refractivity (Wildman–Crippen MR) is 128 cm³/mol. The number of nitrogens with one attached hydrogen (secondary N) is 2. The third-order valence-corrected chi connectivity index (χ3v) is 6.24. The van der Waals surface area contributed by atoms with Crippen LogP contribution in [-0.4, -0.2) is 32.3 Å². The number of carbonyl (C=O) groups excluding carboxylic acids is 2. The van der Waals surface area contributed by atoms with Crippen molar-refractivity contribution in [2.75, 3.05) is 11.1 Å². The summed E-state index contributed by atoms with van der Waals surface area (Å²) in [6.07, 6.45) is 0.850. The molecule has 0 saturated heterocycles. The quantitative estimate of drug-likeness (QED) is 0.501. The highest BCUT2D eigenvalue weighted by atomic mass is 32.2. The van der Waals surface area contributed by atoms with Gasteiger partial charge in [0.05, 0.1) is 11.8 Å². The van der Waals surface area contributed by atoms with E-state index in [1.807, 2.05) is 68.8 Å². The summed E-state index contributed by atoms with van der Waals surface area (Å²) in [5.41, 5.74) is 4.67. The van der Waals surface area contributed by atoms with Crippen molar-refractivity contribution in [3.63, 3.8) is 0 Å². The second-order valence-corrected chi connectivity index (χ2v) is 8.71. The van der Waals surface area contributed by atoms with Gasteiger partial charge in [0.2, 0.25) is 5.91 Å². The van der Waals surface area contributed by atoms with Crippen molar-refractivity contribution in [2.45, 2.75) is 45.3 Å². The Labute approximate surface area is 193 Å². The van der Waals surface area contributed by atoms with Gasteiger partial charge in [0.25, 0.3) is 5.91 Å². The average molecular weight is 452 g/mol. The molecule has 1 heterocycles. The number of hydrogen-bond donors (Lipinski definition) is 2. The summed E-state index contributed by atoms with van der Waals surface area (Å²) in [4.78, 5) is 25.1. The summed E-state index contributed by atoms with van der Waals surface area (Å²) >= 11 is 1.31. The Morgan fingerprint density at radius 1 is 1.12 bits per heavy atom. The highest BCUT2D eigenvalue weighted by Crippen LogP contribution is 2.23. The number of anilines is 1. The van der Waals surface area contributed by atoms with Gasteiger partial charge >= 0.3 is 0 Å². The molecule has 0 aliphatic carbocycles. The molecule has 168 valence electrons. The molecule has 0 saturated carbocycles. The second-order valence-electron chi connectivity index (χ2n) is 7.76. The van der Waals surface area contributed by atoms with E-state index in [1.54, 1.807) is 6.07 Å². The molecule has 2 N–H and O–H groups in total. The maximum absolute atomic E-state index is 12.5. The first kappa shape index (κ1) is 23.5. The van der Waals surface area contributed by atoms with Gasteiger partial charge in [-0.3, -0.25) is 9.59 Å². The van der Waals surface area contributed by atoms with E-state index in [9.17, 15) is 9.59 Å². The standard InChI is InChI=1S/C24H29N5O2S/c1-6-18-11-8-10-16(3)21(18)26-20(30)14-32-24-28-27-22(29(24)5)17(4)25-23(31)19-12-7-9-15(2)13-19/h7-13,17H,6,14H2,1-5H3,(H,25,31)(H,26,30)/t17-/m0/s1. The molecule has 0 aliphatic heterocycles. The van der Waals surface area contributed by atoms with Crippen LogP contribution in [0.4, 0.5) is 5.69 Å². The maximum atomic E-state index is 12.5. The van der Waals surface area contributed by atoms with E-state index in [0.29, 0.717) is 16.5 Å². The Morgan fingerprint density at radius 3 is 2.59 bits per heavy atom. The van der Waals surface area contributed by atoms with Crippen LogP contribution in [0.2, 0.25) is 0 Å². The molecule has 0 radical (unpaired) electrons. The summed E-state index contributed by atoms with van der Waals surface area (Å²) in [6.45, 7) is 7.87. The Kier molecular flexibility index (Phi) is 7.69. The first-order valence-corrected chi connectivity index (χ1v) is 11.6. The zero-order valence-electron chi connectivity index (χ0n) is 19.1. The second kappa shape index (κ2) is 10.5. The molecule has 32 heavy (non-hydrogen) atoms. The molecule has 0 fully saturated rings. The fourth-order valence-electron chi connectivity index (χ4n) is 3.47. The number of aromatic nitrogens is 3. The lowest BCUT2D eigenvalue weighted by Crippen LogP contribution is -2.28. The smallest absolute Gasteiger partial charge is 0.251 e. The van der Waals surface area contributed by atoms with Crippen molar-refractivity contribution in [3.8, 4) is 0 Å². The number of benzene rings is 2. The number of nitrogens with zero attached hydrogens (tertiary/aromatic N) is 3. The monoisotopic (exact) mass is 451 g/mol. The van der Waals surface area contributed by atoms with E-state index < -0.39 is 0 Å².